The van der Waals surface area contributed by atoms with Crippen molar-refractivity contribution in [2.24, 2.45) is 5.92 Å². The fourth-order valence-corrected chi connectivity index (χ4v) is 4.34. The predicted molar refractivity (Wildman–Crippen MR) is 79.1 cm³/mol. The van der Waals surface area contributed by atoms with Gasteiger partial charge in [0.05, 0.1) is 11.8 Å². The number of carbonyl (C=O) groups excluding carboxylic acids is 1. The lowest BCUT2D eigenvalue weighted by molar-refractivity contribution is -0.149. The van der Waals surface area contributed by atoms with Crippen molar-refractivity contribution >= 4 is 23.6 Å². The second kappa shape index (κ2) is 5.60. The molecule has 0 spiro atoms. The van der Waals surface area contributed by atoms with Crippen molar-refractivity contribution in [3.05, 3.63) is 29.8 Å². The second-order valence-corrected chi connectivity index (χ2v) is 6.67. The number of carboxylic acid groups (broad SMARTS) is 1. The highest BCUT2D eigenvalue weighted by molar-refractivity contribution is 8.00. The molecule has 1 aromatic rings. The number of benzene rings is 1. The van der Waals surface area contributed by atoms with Crippen molar-refractivity contribution in [1.82, 2.24) is 4.90 Å². The van der Waals surface area contributed by atoms with Crippen LogP contribution in [0, 0.1) is 5.92 Å². The second-order valence-electron chi connectivity index (χ2n) is 5.52. The van der Waals surface area contributed by atoms with Crippen LogP contribution in [0.25, 0.3) is 0 Å². The van der Waals surface area contributed by atoms with Crippen LogP contribution in [0.5, 0.6) is 5.75 Å². The van der Waals surface area contributed by atoms with Crippen molar-refractivity contribution in [3.8, 4) is 5.75 Å². The summed E-state index contributed by atoms with van der Waals surface area (Å²) in [5.74, 6) is -0.217. The lowest BCUT2D eigenvalue weighted by Gasteiger charge is -2.27. The number of aliphatic carboxylic acids is 1. The summed E-state index contributed by atoms with van der Waals surface area (Å²) >= 11 is 1.56. The Labute approximate surface area is 126 Å². The Kier molecular flexibility index (Phi) is 3.80. The van der Waals surface area contributed by atoms with E-state index in [1.165, 1.54) is 11.0 Å². The van der Waals surface area contributed by atoms with Gasteiger partial charge in [0.1, 0.15) is 11.8 Å². The topological polar surface area (TPSA) is 77.8 Å². The van der Waals surface area contributed by atoms with Crippen LogP contribution < -0.4 is 0 Å². The van der Waals surface area contributed by atoms with E-state index in [1.807, 2.05) is 0 Å². The molecule has 1 aliphatic heterocycles. The van der Waals surface area contributed by atoms with Gasteiger partial charge in [-0.05, 0) is 24.8 Å². The Morgan fingerprint density at radius 2 is 2.00 bits per heavy atom. The van der Waals surface area contributed by atoms with Crippen LogP contribution in [0.15, 0.2) is 24.3 Å². The van der Waals surface area contributed by atoms with Crippen LogP contribution in [-0.4, -0.2) is 44.2 Å². The van der Waals surface area contributed by atoms with Crippen LogP contribution in [-0.2, 0) is 16.0 Å². The monoisotopic (exact) mass is 307 g/mol. The van der Waals surface area contributed by atoms with Crippen molar-refractivity contribution in [1.29, 1.82) is 0 Å². The van der Waals surface area contributed by atoms with Gasteiger partial charge in [0.2, 0.25) is 5.91 Å². The van der Waals surface area contributed by atoms with Gasteiger partial charge < -0.3 is 15.1 Å². The van der Waals surface area contributed by atoms with Crippen molar-refractivity contribution in [2.45, 2.75) is 30.7 Å². The standard InChI is InChI=1S/C15H17NO4S/c17-12-4-2-1-3-10(12)7-13(18)16-11(15(19)20)8-21-14(16)9-5-6-9/h1-4,9,11,14,17H,5-8H2,(H,19,20). The van der Waals surface area contributed by atoms with E-state index in [0.717, 1.165) is 12.8 Å². The van der Waals surface area contributed by atoms with Gasteiger partial charge in [-0.25, -0.2) is 4.79 Å². The zero-order chi connectivity index (χ0) is 15.0. The molecule has 2 unspecified atom stereocenters. The molecule has 1 aliphatic carbocycles. The smallest absolute Gasteiger partial charge is 0.327 e. The highest BCUT2D eigenvalue weighted by atomic mass is 32.2. The molecule has 21 heavy (non-hydrogen) atoms. The van der Waals surface area contributed by atoms with Crippen molar-refractivity contribution in [3.63, 3.8) is 0 Å². The molecule has 2 fully saturated rings. The maximum atomic E-state index is 12.6. The van der Waals surface area contributed by atoms with Crippen LogP contribution in [0.1, 0.15) is 18.4 Å². The molecule has 2 aliphatic rings. The molecule has 2 N–H and O–H groups in total. The third-order valence-electron chi connectivity index (χ3n) is 3.97. The Balaban J connectivity index is 1.79. The first-order valence-corrected chi connectivity index (χ1v) is 8.05. The molecule has 6 heteroatoms. The number of carbonyl (C=O) groups is 2. The highest BCUT2D eigenvalue weighted by Gasteiger charge is 2.47. The van der Waals surface area contributed by atoms with Crippen LogP contribution >= 0.6 is 11.8 Å². The molecule has 1 saturated carbocycles. The quantitative estimate of drug-likeness (QED) is 0.885. The van der Waals surface area contributed by atoms with E-state index < -0.39 is 12.0 Å². The van der Waals surface area contributed by atoms with Crippen LogP contribution in [0.4, 0.5) is 0 Å². The molecule has 3 rings (SSSR count). The third-order valence-corrected chi connectivity index (χ3v) is 5.43. The van der Waals surface area contributed by atoms with Gasteiger partial charge in [0.15, 0.2) is 0 Å². The maximum absolute atomic E-state index is 12.6. The number of phenols is 1. The van der Waals surface area contributed by atoms with Gasteiger partial charge in [0, 0.05) is 11.3 Å². The number of hydrogen-bond donors (Lipinski definition) is 2. The van der Waals surface area contributed by atoms with E-state index in [0.29, 0.717) is 17.2 Å². The molecule has 1 amide bonds. The molecule has 2 atom stereocenters. The zero-order valence-corrected chi connectivity index (χ0v) is 12.3. The molecule has 1 aromatic carbocycles. The first-order valence-electron chi connectivity index (χ1n) is 7.00. The molecule has 5 nitrogen and oxygen atoms in total. The van der Waals surface area contributed by atoms with Gasteiger partial charge >= 0.3 is 5.97 Å². The van der Waals surface area contributed by atoms with E-state index in [1.54, 1.807) is 30.0 Å². The van der Waals surface area contributed by atoms with Gasteiger partial charge in [-0.3, -0.25) is 4.79 Å². The number of rotatable bonds is 4. The fraction of sp³-hybridized carbons (Fsp3) is 0.467. The summed E-state index contributed by atoms with van der Waals surface area (Å²) < 4.78 is 0. The summed E-state index contributed by atoms with van der Waals surface area (Å²) in [4.78, 5) is 25.5. The van der Waals surface area contributed by atoms with Gasteiger partial charge in [-0.1, -0.05) is 18.2 Å². The Morgan fingerprint density at radius 3 is 2.62 bits per heavy atom. The molecular formula is C15H17NO4S. The van der Waals surface area contributed by atoms with Crippen LogP contribution in [0.2, 0.25) is 0 Å². The Hall–Kier alpha value is -1.69. The summed E-state index contributed by atoms with van der Waals surface area (Å²) in [6.07, 6.45) is 2.16. The average Bonchev–Trinajstić information content (AvgIpc) is 3.19. The van der Waals surface area contributed by atoms with Crippen molar-refractivity contribution in [2.75, 3.05) is 5.75 Å². The zero-order valence-electron chi connectivity index (χ0n) is 11.4. The molecule has 1 saturated heterocycles. The molecular weight excluding hydrogens is 290 g/mol. The summed E-state index contributed by atoms with van der Waals surface area (Å²) in [6, 6.07) is 5.93. The summed E-state index contributed by atoms with van der Waals surface area (Å²) in [7, 11) is 0. The lowest BCUT2D eigenvalue weighted by Crippen LogP contribution is -2.47. The SMILES string of the molecule is O=C(O)C1CSC(C2CC2)N1C(=O)Cc1ccccc1O. The average molecular weight is 307 g/mol. The first-order chi connectivity index (χ1) is 10.1. The van der Waals surface area contributed by atoms with Crippen LogP contribution in [0.3, 0.4) is 0 Å². The minimum Gasteiger partial charge on any atom is -0.508 e. The largest absolute Gasteiger partial charge is 0.508 e. The molecule has 0 aromatic heterocycles. The highest BCUT2D eigenvalue weighted by Crippen LogP contribution is 2.45. The summed E-state index contributed by atoms with van der Waals surface area (Å²) in [6.45, 7) is 0. The van der Waals surface area contributed by atoms with E-state index >= 15 is 0 Å². The molecule has 112 valence electrons. The van der Waals surface area contributed by atoms with Gasteiger partial charge in [0.25, 0.3) is 0 Å². The van der Waals surface area contributed by atoms with Gasteiger partial charge in [-0.2, -0.15) is 0 Å². The van der Waals surface area contributed by atoms with E-state index in [4.69, 9.17) is 0 Å². The fourth-order valence-electron chi connectivity index (χ4n) is 2.69. The van der Waals surface area contributed by atoms with E-state index in [9.17, 15) is 19.8 Å². The number of phenolic OH excluding ortho intramolecular Hbond substituents is 1. The minimum absolute atomic E-state index is 0.0237. The van der Waals surface area contributed by atoms with E-state index in [-0.39, 0.29) is 23.5 Å². The number of para-hydroxylation sites is 1. The third kappa shape index (κ3) is 2.85. The Bertz CT molecular complexity index is 573. The number of nitrogens with zero attached hydrogens (tertiary/aromatic N) is 1. The number of hydrogen-bond acceptors (Lipinski definition) is 4. The molecule has 0 radical (unpaired) electrons. The summed E-state index contributed by atoms with van der Waals surface area (Å²) in [5, 5.41) is 19.1. The number of carboxylic acids is 1. The predicted octanol–water partition coefficient (Wildman–Crippen LogP) is 1.70. The normalized spacial score (nSPS) is 25.0. The number of thioether (sulfide) groups is 1. The first kappa shape index (κ1) is 14.3. The number of aromatic hydroxyl groups is 1. The molecule has 0 bridgehead atoms. The molecule has 1 heterocycles. The van der Waals surface area contributed by atoms with E-state index in [2.05, 4.69) is 0 Å². The minimum atomic E-state index is -0.948. The lowest BCUT2D eigenvalue weighted by atomic mass is 10.1. The maximum Gasteiger partial charge on any atom is 0.327 e. The number of amides is 1. The van der Waals surface area contributed by atoms with Crippen molar-refractivity contribution < 1.29 is 19.8 Å². The Morgan fingerprint density at radius 1 is 1.29 bits per heavy atom. The summed E-state index contributed by atoms with van der Waals surface area (Å²) in [5.41, 5.74) is 0.540. The van der Waals surface area contributed by atoms with Gasteiger partial charge in [-0.15, -0.1) is 11.8 Å².